The molecule has 5 heteroatoms. The van der Waals surface area contributed by atoms with Gasteiger partial charge in [0.25, 0.3) is 0 Å². The number of methoxy groups -OCH3 is 2. The Kier molecular flexibility index (Phi) is 4.55. The molecule has 0 radical (unpaired) electrons. The molecule has 0 unspecified atom stereocenters. The molecular formula is C13H19NO4. The summed E-state index contributed by atoms with van der Waals surface area (Å²) >= 11 is 0. The highest BCUT2D eigenvalue weighted by Crippen LogP contribution is 2.23. The lowest BCUT2D eigenvalue weighted by atomic mass is 10.1. The molecular weight excluding hydrogens is 234 g/mol. The van der Waals surface area contributed by atoms with E-state index in [1.54, 1.807) is 26.4 Å². The summed E-state index contributed by atoms with van der Waals surface area (Å²) in [6.07, 6.45) is 0. The molecule has 1 aromatic rings. The van der Waals surface area contributed by atoms with Gasteiger partial charge in [-0.3, -0.25) is 0 Å². The van der Waals surface area contributed by atoms with Crippen molar-refractivity contribution in [2.24, 2.45) is 0 Å². The topological polar surface area (TPSA) is 67.8 Å². The van der Waals surface area contributed by atoms with Crippen LogP contribution in [0, 0.1) is 0 Å². The summed E-state index contributed by atoms with van der Waals surface area (Å²) in [5.41, 5.74) is 0.355. The average molecular weight is 253 g/mol. The third-order valence-corrected chi connectivity index (χ3v) is 2.71. The molecule has 5 nitrogen and oxygen atoms in total. The molecule has 0 aliphatic rings. The highest BCUT2D eigenvalue weighted by Gasteiger charge is 2.18. The van der Waals surface area contributed by atoms with Gasteiger partial charge in [-0.2, -0.15) is 0 Å². The van der Waals surface area contributed by atoms with Gasteiger partial charge in [0, 0.05) is 19.7 Å². The first-order valence-electron chi connectivity index (χ1n) is 5.60. The van der Waals surface area contributed by atoms with Crippen molar-refractivity contribution in [3.63, 3.8) is 0 Å². The first kappa shape index (κ1) is 14.3. The number of hydrogen-bond acceptors (Lipinski definition) is 4. The van der Waals surface area contributed by atoms with Crippen molar-refractivity contribution >= 4 is 11.7 Å². The van der Waals surface area contributed by atoms with Gasteiger partial charge in [-0.15, -0.1) is 0 Å². The highest BCUT2D eigenvalue weighted by molar-refractivity contribution is 5.94. The number of benzene rings is 1. The molecule has 1 rings (SSSR count). The van der Waals surface area contributed by atoms with E-state index in [0.717, 1.165) is 0 Å². The van der Waals surface area contributed by atoms with Crippen LogP contribution in [0.5, 0.6) is 5.75 Å². The number of carboxylic acid groups (broad SMARTS) is 1. The second kappa shape index (κ2) is 5.73. The standard InChI is InChI=1S/C13H19NO4/c1-13(2,18-4)8-14-11-7-9(17-3)5-6-10(11)12(15)16/h5-7,14H,8H2,1-4H3,(H,15,16). The lowest BCUT2D eigenvalue weighted by molar-refractivity contribution is 0.0343. The number of hydrogen-bond donors (Lipinski definition) is 2. The molecule has 0 atom stereocenters. The number of nitrogens with one attached hydrogen (secondary N) is 1. The van der Waals surface area contributed by atoms with Gasteiger partial charge >= 0.3 is 5.97 Å². The first-order valence-corrected chi connectivity index (χ1v) is 5.60. The molecule has 0 heterocycles. The average Bonchev–Trinajstić information content (AvgIpc) is 2.36. The SMILES string of the molecule is COc1ccc(C(=O)O)c(NCC(C)(C)OC)c1. The van der Waals surface area contributed by atoms with E-state index in [0.29, 0.717) is 18.0 Å². The minimum Gasteiger partial charge on any atom is -0.497 e. The van der Waals surface area contributed by atoms with Crippen molar-refractivity contribution in [3.05, 3.63) is 23.8 Å². The molecule has 0 aromatic heterocycles. The lowest BCUT2D eigenvalue weighted by Gasteiger charge is -2.24. The smallest absolute Gasteiger partial charge is 0.337 e. The summed E-state index contributed by atoms with van der Waals surface area (Å²) in [6.45, 7) is 4.33. The number of rotatable bonds is 6. The van der Waals surface area contributed by atoms with Crippen LogP contribution in [0.15, 0.2) is 18.2 Å². The van der Waals surface area contributed by atoms with Crippen molar-refractivity contribution < 1.29 is 19.4 Å². The van der Waals surface area contributed by atoms with E-state index < -0.39 is 5.97 Å². The van der Waals surface area contributed by atoms with E-state index in [2.05, 4.69) is 5.32 Å². The Morgan fingerprint density at radius 3 is 2.56 bits per heavy atom. The molecule has 0 fully saturated rings. The Bertz CT molecular complexity index is 429. The molecule has 1 aromatic carbocycles. The number of anilines is 1. The highest BCUT2D eigenvalue weighted by atomic mass is 16.5. The van der Waals surface area contributed by atoms with E-state index in [4.69, 9.17) is 14.6 Å². The van der Waals surface area contributed by atoms with Crippen LogP contribution in [-0.4, -0.2) is 37.4 Å². The van der Waals surface area contributed by atoms with Crippen molar-refractivity contribution in [1.29, 1.82) is 0 Å². The van der Waals surface area contributed by atoms with E-state index in [1.165, 1.54) is 6.07 Å². The maximum atomic E-state index is 11.1. The largest absolute Gasteiger partial charge is 0.497 e. The maximum Gasteiger partial charge on any atom is 0.337 e. The van der Waals surface area contributed by atoms with Gasteiger partial charge in [0.15, 0.2) is 0 Å². The minimum atomic E-state index is -0.977. The lowest BCUT2D eigenvalue weighted by Crippen LogP contribution is -2.32. The van der Waals surface area contributed by atoms with Gasteiger partial charge in [0.1, 0.15) is 5.75 Å². The molecule has 0 aliphatic carbocycles. The predicted octanol–water partition coefficient (Wildman–Crippen LogP) is 2.23. The fourth-order valence-electron chi connectivity index (χ4n) is 1.36. The summed E-state index contributed by atoms with van der Waals surface area (Å²) in [5, 5.41) is 12.2. The van der Waals surface area contributed by atoms with Crippen LogP contribution in [0.4, 0.5) is 5.69 Å². The molecule has 0 saturated carbocycles. The second-order valence-electron chi connectivity index (χ2n) is 4.53. The third kappa shape index (κ3) is 3.63. The van der Waals surface area contributed by atoms with Crippen LogP contribution in [0.1, 0.15) is 24.2 Å². The first-order chi connectivity index (χ1) is 8.39. The van der Waals surface area contributed by atoms with E-state index >= 15 is 0 Å². The van der Waals surface area contributed by atoms with Crippen LogP contribution in [0.25, 0.3) is 0 Å². The van der Waals surface area contributed by atoms with Crippen molar-refractivity contribution in [1.82, 2.24) is 0 Å². The van der Waals surface area contributed by atoms with Crippen molar-refractivity contribution in [2.75, 3.05) is 26.1 Å². The molecule has 0 amide bonds. The Labute approximate surface area is 107 Å². The number of carbonyl (C=O) groups is 1. The van der Waals surface area contributed by atoms with Gasteiger partial charge in [-0.05, 0) is 26.0 Å². The molecule has 18 heavy (non-hydrogen) atoms. The molecule has 0 bridgehead atoms. The Morgan fingerprint density at radius 1 is 1.39 bits per heavy atom. The van der Waals surface area contributed by atoms with E-state index in [-0.39, 0.29) is 11.2 Å². The number of ether oxygens (including phenoxy) is 2. The Hall–Kier alpha value is -1.75. The molecule has 0 aliphatic heterocycles. The molecule has 0 spiro atoms. The van der Waals surface area contributed by atoms with Gasteiger partial charge in [-0.25, -0.2) is 4.79 Å². The maximum absolute atomic E-state index is 11.1. The van der Waals surface area contributed by atoms with Crippen LogP contribution in [0.3, 0.4) is 0 Å². The molecule has 2 N–H and O–H groups in total. The van der Waals surface area contributed by atoms with Crippen LogP contribution < -0.4 is 10.1 Å². The van der Waals surface area contributed by atoms with Crippen molar-refractivity contribution in [3.8, 4) is 5.75 Å². The predicted molar refractivity (Wildman–Crippen MR) is 69.5 cm³/mol. The van der Waals surface area contributed by atoms with Gasteiger partial charge in [0.05, 0.1) is 24.0 Å². The zero-order valence-corrected chi connectivity index (χ0v) is 11.1. The number of carboxylic acids is 1. The third-order valence-electron chi connectivity index (χ3n) is 2.71. The number of aromatic carboxylic acids is 1. The van der Waals surface area contributed by atoms with Crippen LogP contribution in [-0.2, 0) is 4.74 Å². The summed E-state index contributed by atoms with van der Waals surface area (Å²) in [5.74, 6) is -0.368. The fourth-order valence-corrected chi connectivity index (χ4v) is 1.36. The van der Waals surface area contributed by atoms with Gasteiger partial charge in [-0.1, -0.05) is 0 Å². The minimum absolute atomic E-state index is 0.211. The van der Waals surface area contributed by atoms with E-state index in [9.17, 15) is 4.79 Å². The fraction of sp³-hybridized carbons (Fsp3) is 0.462. The molecule has 100 valence electrons. The van der Waals surface area contributed by atoms with Crippen molar-refractivity contribution in [2.45, 2.75) is 19.4 Å². The summed E-state index contributed by atoms with van der Waals surface area (Å²) in [6, 6.07) is 4.80. The molecule has 0 saturated heterocycles. The summed E-state index contributed by atoms with van der Waals surface area (Å²) < 4.78 is 10.4. The Balaban J connectivity index is 2.94. The van der Waals surface area contributed by atoms with E-state index in [1.807, 2.05) is 13.8 Å². The zero-order chi connectivity index (χ0) is 13.8. The summed E-state index contributed by atoms with van der Waals surface area (Å²) in [7, 11) is 3.16. The van der Waals surface area contributed by atoms with Crippen LogP contribution >= 0.6 is 0 Å². The monoisotopic (exact) mass is 253 g/mol. The van der Waals surface area contributed by atoms with Gasteiger partial charge in [0.2, 0.25) is 0 Å². The van der Waals surface area contributed by atoms with Crippen LogP contribution in [0.2, 0.25) is 0 Å². The zero-order valence-electron chi connectivity index (χ0n) is 11.1. The normalized spacial score (nSPS) is 11.1. The quantitative estimate of drug-likeness (QED) is 0.813. The van der Waals surface area contributed by atoms with Gasteiger partial charge < -0.3 is 19.9 Å². The Morgan fingerprint density at radius 2 is 2.06 bits per heavy atom. The summed E-state index contributed by atoms with van der Waals surface area (Å²) in [4.78, 5) is 11.1. The second-order valence-corrected chi connectivity index (χ2v) is 4.53.